The molecule has 0 fully saturated rings. The summed E-state index contributed by atoms with van der Waals surface area (Å²) >= 11 is 7.42. The highest BCUT2D eigenvalue weighted by Gasteiger charge is 2.03. The molecule has 94 valence electrons. The summed E-state index contributed by atoms with van der Waals surface area (Å²) in [6.07, 6.45) is 0. The van der Waals surface area contributed by atoms with Crippen molar-refractivity contribution < 1.29 is 9.53 Å². The molecular formula is C13H12ClNO2S. The molecule has 0 aliphatic rings. The lowest BCUT2D eigenvalue weighted by Gasteiger charge is -2.06. The van der Waals surface area contributed by atoms with Crippen LogP contribution >= 0.6 is 22.9 Å². The van der Waals surface area contributed by atoms with Crippen molar-refractivity contribution in [3.05, 3.63) is 51.7 Å². The van der Waals surface area contributed by atoms with Gasteiger partial charge in [0.05, 0.1) is 6.54 Å². The van der Waals surface area contributed by atoms with Crippen molar-refractivity contribution in [3.63, 3.8) is 0 Å². The topological polar surface area (TPSA) is 38.3 Å². The molecule has 1 aromatic heterocycles. The van der Waals surface area contributed by atoms with Crippen LogP contribution in [-0.2, 0) is 11.3 Å². The maximum atomic E-state index is 11.5. The van der Waals surface area contributed by atoms with Crippen molar-refractivity contribution in [3.8, 4) is 5.75 Å². The van der Waals surface area contributed by atoms with Crippen LogP contribution in [0.3, 0.4) is 0 Å². The first-order chi connectivity index (χ1) is 8.74. The van der Waals surface area contributed by atoms with E-state index in [2.05, 4.69) is 5.32 Å². The Kier molecular flexibility index (Phi) is 4.61. The molecule has 18 heavy (non-hydrogen) atoms. The van der Waals surface area contributed by atoms with Gasteiger partial charge in [-0.2, -0.15) is 0 Å². The number of ether oxygens (including phenoxy) is 1. The number of thiophene rings is 1. The van der Waals surface area contributed by atoms with Gasteiger partial charge in [0.1, 0.15) is 5.75 Å². The minimum absolute atomic E-state index is 0.00822. The Morgan fingerprint density at radius 3 is 2.94 bits per heavy atom. The van der Waals surface area contributed by atoms with Crippen LogP contribution in [0.25, 0.3) is 0 Å². The Balaban J connectivity index is 1.75. The monoisotopic (exact) mass is 281 g/mol. The maximum Gasteiger partial charge on any atom is 0.258 e. The minimum atomic E-state index is -0.150. The molecular weight excluding hydrogens is 270 g/mol. The lowest BCUT2D eigenvalue weighted by Crippen LogP contribution is -2.28. The van der Waals surface area contributed by atoms with Gasteiger partial charge >= 0.3 is 0 Å². The molecule has 0 bridgehead atoms. The van der Waals surface area contributed by atoms with Crippen LogP contribution in [0.15, 0.2) is 41.8 Å². The second-order valence-electron chi connectivity index (χ2n) is 3.60. The largest absolute Gasteiger partial charge is 0.484 e. The van der Waals surface area contributed by atoms with E-state index in [1.807, 2.05) is 17.5 Å². The second kappa shape index (κ2) is 6.42. The van der Waals surface area contributed by atoms with E-state index in [0.717, 1.165) is 4.88 Å². The lowest BCUT2D eigenvalue weighted by atomic mass is 10.3. The number of amides is 1. The summed E-state index contributed by atoms with van der Waals surface area (Å²) in [6, 6.07) is 10.9. The van der Waals surface area contributed by atoms with Crippen molar-refractivity contribution in [2.75, 3.05) is 6.61 Å². The van der Waals surface area contributed by atoms with Crippen LogP contribution < -0.4 is 10.1 Å². The van der Waals surface area contributed by atoms with Crippen molar-refractivity contribution >= 4 is 28.8 Å². The van der Waals surface area contributed by atoms with Gasteiger partial charge in [-0.1, -0.05) is 23.7 Å². The number of halogens is 1. The lowest BCUT2D eigenvalue weighted by molar-refractivity contribution is -0.123. The molecule has 0 spiro atoms. The van der Waals surface area contributed by atoms with E-state index in [4.69, 9.17) is 16.3 Å². The summed E-state index contributed by atoms with van der Waals surface area (Å²) in [5, 5.41) is 5.35. The first-order valence-corrected chi connectivity index (χ1v) is 6.67. The number of rotatable bonds is 5. The highest BCUT2D eigenvalue weighted by molar-refractivity contribution is 7.09. The number of carbonyl (C=O) groups is 1. The Labute approximate surface area is 114 Å². The Hall–Kier alpha value is -1.52. The van der Waals surface area contributed by atoms with Gasteiger partial charge in [-0.05, 0) is 29.6 Å². The van der Waals surface area contributed by atoms with E-state index >= 15 is 0 Å². The summed E-state index contributed by atoms with van der Waals surface area (Å²) in [4.78, 5) is 12.6. The van der Waals surface area contributed by atoms with Crippen molar-refractivity contribution in [1.29, 1.82) is 0 Å². The number of hydrogen-bond acceptors (Lipinski definition) is 3. The third kappa shape index (κ3) is 4.05. The fourth-order valence-corrected chi connectivity index (χ4v) is 2.18. The number of hydrogen-bond donors (Lipinski definition) is 1. The normalized spacial score (nSPS) is 10.1. The van der Waals surface area contributed by atoms with Gasteiger partial charge < -0.3 is 10.1 Å². The molecule has 5 heteroatoms. The van der Waals surface area contributed by atoms with E-state index < -0.39 is 0 Å². The van der Waals surface area contributed by atoms with Crippen LogP contribution in [0.5, 0.6) is 5.75 Å². The van der Waals surface area contributed by atoms with Crippen LogP contribution in [0, 0.1) is 0 Å². The molecule has 1 aromatic carbocycles. The molecule has 2 rings (SSSR count). The van der Waals surface area contributed by atoms with Crippen LogP contribution in [0.2, 0.25) is 5.02 Å². The van der Waals surface area contributed by atoms with Crippen LogP contribution in [0.4, 0.5) is 0 Å². The summed E-state index contributed by atoms with van der Waals surface area (Å²) in [5.41, 5.74) is 0. The average Bonchev–Trinajstić information content (AvgIpc) is 2.87. The minimum Gasteiger partial charge on any atom is -0.484 e. The van der Waals surface area contributed by atoms with Crippen molar-refractivity contribution in [1.82, 2.24) is 5.32 Å². The van der Waals surface area contributed by atoms with E-state index in [0.29, 0.717) is 17.3 Å². The number of nitrogens with one attached hydrogen (secondary N) is 1. The molecule has 1 heterocycles. The zero-order valence-electron chi connectivity index (χ0n) is 9.56. The highest BCUT2D eigenvalue weighted by Crippen LogP contribution is 2.16. The number of benzene rings is 1. The molecule has 0 saturated carbocycles. The first kappa shape index (κ1) is 12.9. The number of carbonyl (C=O) groups excluding carboxylic acids is 1. The van der Waals surface area contributed by atoms with Gasteiger partial charge in [0.2, 0.25) is 0 Å². The van der Waals surface area contributed by atoms with E-state index in [1.165, 1.54) is 0 Å². The van der Waals surface area contributed by atoms with Crippen LogP contribution in [0.1, 0.15) is 4.88 Å². The van der Waals surface area contributed by atoms with Gasteiger partial charge in [-0.3, -0.25) is 4.79 Å². The van der Waals surface area contributed by atoms with E-state index in [1.54, 1.807) is 35.6 Å². The highest BCUT2D eigenvalue weighted by atomic mass is 35.5. The molecule has 1 amide bonds. The summed E-state index contributed by atoms with van der Waals surface area (Å²) in [7, 11) is 0. The van der Waals surface area contributed by atoms with Gasteiger partial charge in [0.15, 0.2) is 6.61 Å². The molecule has 2 aromatic rings. The van der Waals surface area contributed by atoms with E-state index in [-0.39, 0.29) is 12.5 Å². The summed E-state index contributed by atoms with van der Waals surface area (Å²) < 4.78 is 5.33. The van der Waals surface area contributed by atoms with Crippen LogP contribution in [-0.4, -0.2) is 12.5 Å². The molecule has 0 unspecified atom stereocenters. The van der Waals surface area contributed by atoms with Crippen molar-refractivity contribution in [2.24, 2.45) is 0 Å². The summed E-state index contributed by atoms with van der Waals surface area (Å²) in [6.45, 7) is 0.529. The standard InChI is InChI=1S/C13H12ClNO2S/c14-10-3-1-4-11(7-10)17-9-13(16)15-8-12-5-2-6-18-12/h1-7H,8-9H2,(H,15,16). The molecule has 3 nitrogen and oxygen atoms in total. The first-order valence-electron chi connectivity index (χ1n) is 5.41. The molecule has 0 aliphatic heterocycles. The van der Waals surface area contributed by atoms with Crippen molar-refractivity contribution in [2.45, 2.75) is 6.54 Å². The predicted molar refractivity (Wildman–Crippen MR) is 73.1 cm³/mol. The predicted octanol–water partition coefficient (Wildman–Crippen LogP) is 3.10. The molecule has 0 aliphatic carbocycles. The Morgan fingerprint density at radius 2 is 2.22 bits per heavy atom. The molecule has 0 radical (unpaired) electrons. The third-order valence-corrected chi connectivity index (χ3v) is 3.32. The fourth-order valence-electron chi connectivity index (χ4n) is 1.36. The maximum absolute atomic E-state index is 11.5. The molecule has 0 atom stereocenters. The van der Waals surface area contributed by atoms with E-state index in [9.17, 15) is 4.79 Å². The average molecular weight is 282 g/mol. The Morgan fingerprint density at radius 1 is 1.33 bits per heavy atom. The fraction of sp³-hybridized carbons (Fsp3) is 0.154. The van der Waals surface area contributed by atoms with Gasteiger partial charge in [-0.15, -0.1) is 11.3 Å². The summed E-state index contributed by atoms with van der Waals surface area (Å²) in [5.74, 6) is 0.442. The second-order valence-corrected chi connectivity index (χ2v) is 5.07. The smallest absolute Gasteiger partial charge is 0.258 e. The van der Waals surface area contributed by atoms with Gasteiger partial charge in [0, 0.05) is 9.90 Å². The van der Waals surface area contributed by atoms with Gasteiger partial charge in [-0.25, -0.2) is 0 Å². The zero-order valence-corrected chi connectivity index (χ0v) is 11.1. The SMILES string of the molecule is O=C(COc1cccc(Cl)c1)NCc1cccs1. The third-order valence-electron chi connectivity index (χ3n) is 2.21. The molecule has 1 N–H and O–H groups in total. The Bertz CT molecular complexity index is 513. The zero-order chi connectivity index (χ0) is 12.8. The van der Waals surface area contributed by atoms with Gasteiger partial charge in [0.25, 0.3) is 5.91 Å². The quantitative estimate of drug-likeness (QED) is 0.915. The molecule has 0 saturated heterocycles.